The molecule has 1 aliphatic carbocycles. The van der Waals surface area contributed by atoms with Crippen molar-refractivity contribution in [1.29, 1.82) is 0 Å². The van der Waals surface area contributed by atoms with Crippen LogP contribution in [0.1, 0.15) is 36.0 Å². The Morgan fingerprint density at radius 3 is 2.65 bits per heavy atom. The van der Waals surface area contributed by atoms with E-state index in [1.165, 1.54) is 12.1 Å². The Morgan fingerprint density at radius 1 is 1.11 bits per heavy atom. The Morgan fingerprint density at radius 2 is 1.89 bits per heavy atom. The van der Waals surface area contributed by atoms with Gasteiger partial charge in [-0.1, -0.05) is 12.8 Å². The van der Waals surface area contributed by atoms with E-state index in [0.717, 1.165) is 56.8 Å². The van der Waals surface area contributed by atoms with Crippen LogP contribution in [-0.4, -0.2) is 65.3 Å². The highest BCUT2D eigenvalue weighted by molar-refractivity contribution is 6.01. The average Bonchev–Trinajstić information content (AvgIpc) is 3.29. The van der Waals surface area contributed by atoms with Crippen LogP contribution in [0, 0.1) is 11.6 Å². The summed E-state index contributed by atoms with van der Waals surface area (Å²) in [7, 11) is 0. The SMILES string of the molecule is NC(=O)c1cc(F)c(NC2CCCCC2N)nc1Nc1cc(F)cc2c1ccn2CCN1CCOCC1. The number of primary amides is 1. The number of morpholine rings is 1. The summed E-state index contributed by atoms with van der Waals surface area (Å²) in [6.07, 6.45) is 5.56. The van der Waals surface area contributed by atoms with Gasteiger partial charge in [0.25, 0.3) is 5.91 Å². The standard InChI is InChI=1S/C26H33F2N7O2/c27-16-13-22(17-5-6-35(23(17)14-16)8-7-34-9-11-37-12-10-34)32-25-18(24(30)36)15-19(28)26(33-25)31-21-4-2-1-3-20(21)29/h5-6,13-15,20-21H,1-4,7-12,29H2,(H2,30,36)(H2,31,32,33). The van der Waals surface area contributed by atoms with Crippen molar-refractivity contribution in [3.63, 3.8) is 0 Å². The van der Waals surface area contributed by atoms with Gasteiger partial charge < -0.3 is 31.4 Å². The number of amides is 1. The van der Waals surface area contributed by atoms with Gasteiger partial charge in [0.1, 0.15) is 11.6 Å². The number of benzene rings is 1. The highest BCUT2D eigenvalue weighted by Gasteiger charge is 2.25. The van der Waals surface area contributed by atoms with Crippen molar-refractivity contribution in [1.82, 2.24) is 14.5 Å². The van der Waals surface area contributed by atoms with Gasteiger partial charge in [0.15, 0.2) is 11.6 Å². The molecule has 3 heterocycles. The fourth-order valence-corrected chi connectivity index (χ4v) is 5.15. The summed E-state index contributed by atoms with van der Waals surface area (Å²) < 4.78 is 37.0. The molecule has 2 fully saturated rings. The molecule has 2 aromatic heterocycles. The van der Waals surface area contributed by atoms with Crippen LogP contribution in [0.3, 0.4) is 0 Å². The summed E-state index contributed by atoms with van der Waals surface area (Å²) in [5.41, 5.74) is 12.7. The van der Waals surface area contributed by atoms with Gasteiger partial charge in [0.2, 0.25) is 0 Å². The van der Waals surface area contributed by atoms with Crippen LogP contribution >= 0.6 is 0 Å². The third kappa shape index (κ3) is 5.68. The number of halogens is 2. The van der Waals surface area contributed by atoms with Gasteiger partial charge >= 0.3 is 0 Å². The topological polar surface area (TPSA) is 123 Å². The number of hydrogen-bond donors (Lipinski definition) is 4. The molecule has 5 rings (SSSR count). The van der Waals surface area contributed by atoms with E-state index < -0.39 is 17.5 Å². The predicted octanol–water partition coefficient (Wildman–Crippen LogP) is 3.17. The average molecular weight is 514 g/mol. The van der Waals surface area contributed by atoms with E-state index >= 15 is 0 Å². The largest absolute Gasteiger partial charge is 0.379 e. The molecule has 1 amide bonds. The molecule has 6 N–H and O–H groups in total. The van der Waals surface area contributed by atoms with E-state index in [9.17, 15) is 13.6 Å². The van der Waals surface area contributed by atoms with Crippen LogP contribution in [0.2, 0.25) is 0 Å². The molecular formula is C26H33F2N7O2. The van der Waals surface area contributed by atoms with E-state index in [1.54, 1.807) is 0 Å². The van der Waals surface area contributed by atoms with Gasteiger partial charge in [-0.2, -0.15) is 0 Å². The minimum Gasteiger partial charge on any atom is -0.379 e. The Kier molecular flexibility index (Phi) is 7.54. The van der Waals surface area contributed by atoms with Crippen LogP contribution in [0.5, 0.6) is 0 Å². The number of fused-ring (bicyclic) bond motifs is 1. The lowest BCUT2D eigenvalue weighted by Crippen LogP contribution is -2.43. The fraction of sp³-hybridized carbons (Fsp3) is 0.462. The molecule has 37 heavy (non-hydrogen) atoms. The Balaban J connectivity index is 1.43. The Bertz CT molecular complexity index is 1280. The van der Waals surface area contributed by atoms with E-state index in [-0.39, 0.29) is 29.3 Å². The Hall–Kier alpha value is -3.28. The molecule has 2 aliphatic rings. The van der Waals surface area contributed by atoms with Gasteiger partial charge in [-0.25, -0.2) is 13.8 Å². The molecule has 0 bridgehead atoms. The molecule has 0 spiro atoms. The van der Waals surface area contributed by atoms with Crippen molar-refractivity contribution in [2.75, 3.05) is 43.5 Å². The first kappa shape index (κ1) is 25.4. The van der Waals surface area contributed by atoms with Crippen molar-refractivity contribution < 1.29 is 18.3 Å². The second-order valence-electron chi connectivity index (χ2n) is 9.75. The molecule has 198 valence electrons. The van der Waals surface area contributed by atoms with E-state index in [1.807, 2.05) is 16.8 Å². The number of nitrogens with zero attached hydrogens (tertiary/aromatic N) is 3. The molecule has 1 aliphatic heterocycles. The smallest absolute Gasteiger partial charge is 0.252 e. The summed E-state index contributed by atoms with van der Waals surface area (Å²) in [5, 5.41) is 6.88. The number of anilines is 3. The zero-order chi connectivity index (χ0) is 25.9. The number of ether oxygens (including phenoxy) is 1. The quantitative estimate of drug-likeness (QED) is 0.365. The maximum atomic E-state index is 14.9. The zero-order valence-electron chi connectivity index (χ0n) is 20.7. The highest BCUT2D eigenvalue weighted by Crippen LogP contribution is 2.31. The number of hydrogen-bond acceptors (Lipinski definition) is 7. The normalized spacial score (nSPS) is 20.7. The van der Waals surface area contributed by atoms with Gasteiger partial charge in [-0.05, 0) is 37.1 Å². The second-order valence-corrected chi connectivity index (χ2v) is 9.75. The third-order valence-electron chi connectivity index (χ3n) is 7.25. The third-order valence-corrected chi connectivity index (χ3v) is 7.25. The number of nitrogens with one attached hydrogen (secondary N) is 2. The summed E-state index contributed by atoms with van der Waals surface area (Å²) >= 11 is 0. The molecule has 0 radical (unpaired) electrons. The molecule has 2 unspecified atom stereocenters. The van der Waals surface area contributed by atoms with Crippen molar-refractivity contribution in [2.24, 2.45) is 11.5 Å². The van der Waals surface area contributed by atoms with Gasteiger partial charge in [-0.3, -0.25) is 9.69 Å². The number of pyridine rings is 1. The number of nitrogens with two attached hydrogens (primary N) is 2. The van der Waals surface area contributed by atoms with Crippen LogP contribution < -0.4 is 22.1 Å². The molecule has 3 aromatic rings. The monoisotopic (exact) mass is 513 g/mol. The van der Waals surface area contributed by atoms with E-state index in [0.29, 0.717) is 31.0 Å². The molecule has 9 nitrogen and oxygen atoms in total. The van der Waals surface area contributed by atoms with Crippen LogP contribution in [0.25, 0.3) is 10.9 Å². The van der Waals surface area contributed by atoms with Crippen LogP contribution in [0.4, 0.5) is 26.1 Å². The van der Waals surface area contributed by atoms with E-state index in [4.69, 9.17) is 16.2 Å². The Labute approximate surface area is 214 Å². The predicted molar refractivity (Wildman–Crippen MR) is 139 cm³/mol. The zero-order valence-corrected chi connectivity index (χ0v) is 20.7. The minimum atomic E-state index is -0.842. The van der Waals surface area contributed by atoms with Crippen molar-refractivity contribution in [3.8, 4) is 0 Å². The van der Waals surface area contributed by atoms with Crippen molar-refractivity contribution in [3.05, 3.63) is 47.7 Å². The molecule has 2 atom stereocenters. The van der Waals surface area contributed by atoms with Gasteiger partial charge in [0.05, 0.1) is 30.0 Å². The summed E-state index contributed by atoms with van der Waals surface area (Å²) in [4.78, 5) is 18.8. The number of carbonyl (C=O) groups excluding carboxylic acids is 1. The lowest BCUT2D eigenvalue weighted by Gasteiger charge is -2.30. The van der Waals surface area contributed by atoms with Crippen molar-refractivity contribution in [2.45, 2.75) is 44.3 Å². The fourth-order valence-electron chi connectivity index (χ4n) is 5.15. The maximum Gasteiger partial charge on any atom is 0.252 e. The molecule has 1 saturated carbocycles. The minimum absolute atomic E-state index is 0.0226. The van der Waals surface area contributed by atoms with Gasteiger partial charge in [0, 0.05) is 49.8 Å². The summed E-state index contributed by atoms with van der Waals surface area (Å²) in [6.45, 7) is 4.67. The van der Waals surface area contributed by atoms with Crippen LogP contribution in [0.15, 0.2) is 30.5 Å². The number of carbonyl (C=O) groups is 1. The summed E-state index contributed by atoms with van der Waals surface area (Å²) in [5.74, 6) is -1.96. The first-order chi connectivity index (χ1) is 17.9. The molecule has 1 aromatic carbocycles. The highest BCUT2D eigenvalue weighted by atomic mass is 19.1. The molecular weight excluding hydrogens is 480 g/mol. The van der Waals surface area contributed by atoms with E-state index in [2.05, 4.69) is 20.5 Å². The summed E-state index contributed by atoms with van der Waals surface area (Å²) in [6, 6.07) is 5.48. The number of aromatic nitrogens is 2. The number of rotatable bonds is 8. The lowest BCUT2D eigenvalue weighted by atomic mass is 9.91. The molecule has 11 heteroatoms. The lowest BCUT2D eigenvalue weighted by molar-refractivity contribution is 0.0365. The maximum absolute atomic E-state index is 14.9. The van der Waals surface area contributed by atoms with Crippen molar-refractivity contribution >= 4 is 34.1 Å². The molecule has 1 saturated heterocycles. The van der Waals surface area contributed by atoms with Crippen LogP contribution in [-0.2, 0) is 11.3 Å². The van der Waals surface area contributed by atoms with Gasteiger partial charge in [-0.15, -0.1) is 0 Å². The first-order valence-corrected chi connectivity index (χ1v) is 12.8. The first-order valence-electron chi connectivity index (χ1n) is 12.8. The second kappa shape index (κ2) is 11.0.